The molecule has 1 aromatic heterocycles. The molecule has 0 saturated carbocycles. The molecule has 2 aliphatic heterocycles. The lowest BCUT2D eigenvalue weighted by atomic mass is 9.95. The van der Waals surface area contributed by atoms with Crippen LogP contribution in [0.3, 0.4) is 0 Å². The fourth-order valence-corrected chi connectivity index (χ4v) is 3.78. The lowest BCUT2D eigenvalue weighted by Gasteiger charge is -2.37. The van der Waals surface area contributed by atoms with Crippen molar-refractivity contribution in [3.63, 3.8) is 0 Å². The minimum atomic E-state index is -0.726. The number of hydrogen-bond acceptors (Lipinski definition) is 7. The Labute approximate surface area is 178 Å². The van der Waals surface area contributed by atoms with Crippen molar-refractivity contribution >= 4 is 17.9 Å². The number of rotatable bonds is 5. The number of methoxy groups -OCH3 is 1. The van der Waals surface area contributed by atoms with Gasteiger partial charge in [0.05, 0.1) is 18.7 Å². The monoisotopic (exact) mass is 426 g/mol. The number of halogens is 1. The maximum Gasteiger partial charge on any atom is 0.338 e. The van der Waals surface area contributed by atoms with Gasteiger partial charge in [-0.15, -0.1) is 0 Å². The van der Waals surface area contributed by atoms with E-state index in [1.54, 1.807) is 30.6 Å². The van der Waals surface area contributed by atoms with Crippen LogP contribution in [0, 0.1) is 5.82 Å². The summed E-state index contributed by atoms with van der Waals surface area (Å²) < 4.78 is 18.4. The molecule has 2 aliphatic rings. The van der Waals surface area contributed by atoms with Gasteiger partial charge in [-0.1, -0.05) is 12.1 Å². The summed E-state index contributed by atoms with van der Waals surface area (Å²) in [5.41, 5.74) is 1.39. The number of esters is 1. The van der Waals surface area contributed by atoms with E-state index < -0.39 is 23.9 Å². The van der Waals surface area contributed by atoms with E-state index in [4.69, 9.17) is 4.74 Å². The Kier molecular flexibility index (Phi) is 6.08. The molecule has 4 rings (SSSR count). The molecule has 3 heterocycles. The zero-order valence-corrected chi connectivity index (χ0v) is 17.0. The highest BCUT2D eigenvalue weighted by Crippen LogP contribution is 2.28. The number of nitrogens with one attached hydrogen (secondary N) is 2. The summed E-state index contributed by atoms with van der Waals surface area (Å²) in [5, 5.41) is 5.50. The third-order valence-electron chi connectivity index (χ3n) is 5.35. The molecule has 31 heavy (non-hydrogen) atoms. The largest absolute Gasteiger partial charge is 0.466 e. The van der Waals surface area contributed by atoms with E-state index in [0.717, 1.165) is 13.1 Å². The number of piperazine rings is 1. The number of amides is 2. The Bertz CT molecular complexity index is 974. The van der Waals surface area contributed by atoms with Gasteiger partial charge in [-0.3, -0.25) is 4.90 Å². The van der Waals surface area contributed by atoms with E-state index in [1.807, 2.05) is 0 Å². The molecule has 9 nitrogen and oxygen atoms in total. The first-order valence-corrected chi connectivity index (χ1v) is 9.94. The Morgan fingerprint density at radius 2 is 1.84 bits per heavy atom. The van der Waals surface area contributed by atoms with Gasteiger partial charge in [0.25, 0.3) is 0 Å². The van der Waals surface area contributed by atoms with Crippen LogP contribution in [0.1, 0.15) is 11.6 Å². The van der Waals surface area contributed by atoms with E-state index in [1.165, 1.54) is 19.2 Å². The average Bonchev–Trinajstić information content (AvgIpc) is 2.80. The molecule has 0 radical (unpaired) electrons. The minimum Gasteiger partial charge on any atom is -0.466 e. The van der Waals surface area contributed by atoms with Crippen LogP contribution in [-0.4, -0.2) is 66.7 Å². The third kappa shape index (κ3) is 4.64. The summed E-state index contributed by atoms with van der Waals surface area (Å²) in [5.74, 6) is -0.260. The molecule has 2 N–H and O–H groups in total. The molecule has 10 heteroatoms. The maximum atomic E-state index is 13.4. The topological polar surface area (TPSA) is 99.7 Å². The number of aromatic nitrogens is 2. The summed E-state index contributed by atoms with van der Waals surface area (Å²) in [4.78, 5) is 37.8. The van der Waals surface area contributed by atoms with Gasteiger partial charge in [0.1, 0.15) is 5.82 Å². The molecule has 2 amide bonds. The van der Waals surface area contributed by atoms with Gasteiger partial charge in [0.2, 0.25) is 5.95 Å². The highest BCUT2D eigenvalue weighted by atomic mass is 19.1. The lowest BCUT2D eigenvalue weighted by molar-refractivity contribution is -0.136. The molecule has 0 aliphatic carbocycles. The standard InChI is InChI=1S/C21H23FN6O3/c1-31-19(29)17-16(25-21(30)26-18(17)14-3-5-15(22)6-4-14)13-27-9-11-28(12-10-27)20-23-7-2-8-24-20/h2-8,18H,9-13H2,1H3,(H2,25,26,30)/t18-/m1/s1. The number of hydrogen-bond donors (Lipinski definition) is 2. The number of carbonyl (C=O) groups excluding carboxylic acids is 2. The van der Waals surface area contributed by atoms with Gasteiger partial charge in [0.15, 0.2) is 0 Å². The molecular weight excluding hydrogens is 403 g/mol. The fraction of sp³-hybridized carbons (Fsp3) is 0.333. The number of urea groups is 1. The van der Waals surface area contributed by atoms with Crippen molar-refractivity contribution in [3.8, 4) is 0 Å². The van der Waals surface area contributed by atoms with Crippen LogP contribution >= 0.6 is 0 Å². The first-order valence-electron chi connectivity index (χ1n) is 9.94. The van der Waals surface area contributed by atoms with Crippen molar-refractivity contribution in [2.45, 2.75) is 6.04 Å². The molecule has 0 spiro atoms. The zero-order valence-electron chi connectivity index (χ0n) is 17.0. The highest BCUT2D eigenvalue weighted by Gasteiger charge is 2.34. The van der Waals surface area contributed by atoms with E-state index in [9.17, 15) is 14.0 Å². The summed E-state index contributed by atoms with van der Waals surface area (Å²) in [6.45, 7) is 3.23. The second-order valence-corrected chi connectivity index (χ2v) is 7.28. The van der Waals surface area contributed by atoms with Crippen molar-refractivity contribution < 1.29 is 18.7 Å². The smallest absolute Gasteiger partial charge is 0.338 e. The Balaban J connectivity index is 1.54. The summed E-state index contributed by atoms with van der Waals surface area (Å²) >= 11 is 0. The van der Waals surface area contributed by atoms with Gasteiger partial charge in [-0.2, -0.15) is 0 Å². The number of anilines is 1. The SMILES string of the molecule is COC(=O)C1=C(CN2CCN(c3ncccn3)CC2)NC(=O)N[C@@H]1c1ccc(F)cc1. The molecule has 2 aromatic rings. The van der Waals surface area contributed by atoms with E-state index >= 15 is 0 Å². The third-order valence-corrected chi connectivity index (χ3v) is 5.35. The number of carbonyl (C=O) groups is 2. The molecule has 0 bridgehead atoms. The first kappa shape index (κ1) is 20.7. The molecule has 1 aromatic carbocycles. The number of ether oxygens (including phenoxy) is 1. The van der Waals surface area contributed by atoms with Crippen LogP contribution in [0.25, 0.3) is 0 Å². The number of benzene rings is 1. The molecule has 1 saturated heterocycles. The average molecular weight is 426 g/mol. The van der Waals surface area contributed by atoms with Crippen LogP contribution in [0.15, 0.2) is 54.0 Å². The van der Waals surface area contributed by atoms with E-state index in [-0.39, 0.29) is 0 Å². The highest BCUT2D eigenvalue weighted by molar-refractivity contribution is 5.95. The predicted molar refractivity (Wildman–Crippen MR) is 111 cm³/mol. The molecule has 1 atom stereocenters. The number of nitrogens with zero attached hydrogens (tertiary/aromatic N) is 4. The molecule has 162 valence electrons. The van der Waals surface area contributed by atoms with Crippen molar-refractivity contribution in [2.75, 3.05) is 44.7 Å². The van der Waals surface area contributed by atoms with Crippen molar-refractivity contribution in [2.24, 2.45) is 0 Å². The Hall–Kier alpha value is -3.53. The predicted octanol–water partition coefficient (Wildman–Crippen LogP) is 1.22. The Morgan fingerprint density at radius 3 is 2.48 bits per heavy atom. The zero-order chi connectivity index (χ0) is 21.8. The van der Waals surface area contributed by atoms with E-state index in [2.05, 4.69) is 30.4 Å². The van der Waals surface area contributed by atoms with Gasteiger partial charge in [-0.25, -0.2) is 23.9 Å². The summed E-state index contributed by atoms with van der Waals surface area (Å²) in [6, 6.07) is 6.31. The minimum absolute atomic E-state index is 0.308. The quantitative estimate of drug-likeness (QED) is 0.694. The molecule has 0 unspecified atom stereocenters. The van der Waals surface area contributed by atoms with Gasteiger partial charge in [0, 0.05) is 50.8 Å². The molecular formula is C21H23FN6O3. The van der Waals surface area contributed by atoms with Crippen LogP contribution in [-0.2, 0) is 9.53 Å². The molecule has 1 fully saturated rings. The van der Waals surface area contributed by atoms with Crippen LogP contribution in [0.4, 0.5) is 15.1 Å². The second kappa shape index (κ2) is 9.09. The van der Waals surface area contributed by atoms with E-state index in [0.29, 0.717) is 42.4 Å². The first-order chi connectivity index (χ1) is 15.0. The normalized spacial score (nSPS) is 19.6. The van der Waals surface area contributed by atoms with Crippen molar-refractivity contribution in [1.82, 2.24) is 25.5 Å². The fourth-order valence-electron chi connectivity index (χ4n) is 3.78. The van der Waals surface area contributed by atoms with Gasteiger partial charge in [-0.05, 0) is 23.8 Å². The van der Waals surface area contributed by atoms with Crippen LogP contribution < -0.4 is 15.5 Å². The maximum absolute atomic E-state index is 13.4. The summed E-state index contributed by atoms with van der Waals surface area (Å²) in [6.07, 6.45) is 3.42. The Morgan fingerprint density at radius 1 is 1.16 bits per heavy atom. The van der Waals surface area contributed by atoms with Crippen molar-refractivity contribution in [3.05, 3.63) is 65.4 Å². The van der Waals surface area contributed by atoms with Gasteiger partial charge >= 0.3 is 12.0 Å². The van der Waals surface area contributed by atoms with Gasteiger partial charge < -0.3 is 20.3 Å². The van der Waals surface area contributed by atoms with Crippen molar-refractivity contribution in [1.29, 1.82) is 0 Å². The summed E-state index contributed by atoms with van der Waals surface area (Å²) in [7, 11) is 1.30. The van der Waals surface area contributed by atoms with Crippen LogP contribution in [0.2, 0.25) is 0 Å². The lowest BCUT2D eigenvalue weighted by Crippen LogP contribution is -2.52. The second-order valence-electron chi connectivity index (χ2n) is 7.28. The van der Waals surface area contributed by atoms with Crippen LogP contribution in [0.5, 0.6) is 0 Å².